The van der Waals surface area contributed by atoms with Crippen LogP contribution in [0.5, 0.6) is 0 Å². The molecule has 1 aliphatic carbocycles. The summed E-state index contributed by atoms with van der Waals surface area (Å²) in [6.07, 6.45) is 11.9. The quantitative estimate of drug-likeness (QED) is 0.578. The van der Waals surface area contributed by atoms with Gasteiger partial charge in [-0.1, -0.05) is 72.1 Å². The largest absolute Gasteiger partial charge is 0.0654 e. The maximum Gasteiger partial charge on any atom is -0.0414 e. The molecule has 0 nitrogen and oxygen atoms in total. The molecule has 1 saturated carbocycles. The van der Waals surface area contributed by atoms with E-state index in [1.807, 2.05) is 0 Å². The SMILES string of the molecule is CCCC1CCC(CCC(C)C)CC1. The number of hydrogen-bond acceptors (Lipinski definition) is 0. The molecule has 0 heterocycles. The van der Waals surface area contributed by atoms with E-state index < -0.39 is 0 Å². The molecule has 0 aromatic rings. The predicted molar refractivity (Wildman–Crippen MR) is 64.4 cm³/mol. The summed E-state index contributed by atoms with van der Waals surface area (Å²) in [7, 11) is 0. The van der Waals surface area contributed by atoms with Gasteiger partial charge in [-0.05, 0) is 17.8 Å². The summed E-state index contributed by atoms with van der Waals surface area (Å²) in [6.45, 7) is 7.02. The lowest BCUT2D eigenvalue weighted by atomic mass is 9.78. The summed E-state index contributed by atoms with van der Waals surface area (Å²) in [5.74, 6) is 3.06. The van der Waals surface area contributed by atoms with E-state index >= 15 is 0 Å². The molecule has 0 atom stereocenters. The molecule has 0 unspecified atom stereocenters. The molecule has 0 N–H and O–H groups in total. The zero-order valence-corrected chi connectivity index (χ0v) is 10.4. The Bertz CT molecular complexity index is 129. The van der Waals surface area contributed by atoms with E-state index in [4.69, 9.17) is 0 Å². The lowest BCUT2D eigenvalue weighted by Crippen LogP contribution is -2.14. The molecule has 0 bridgehead atoms. The fourth-order valence-electron chi connectivity index (χ4n) is 2.79. The first-order chi connectivity index (χ1) is 6.72. The Hall–Kier alpha value is 0. The summed E-state index contributed by atoms with van der Waals surface area (Å²) >= 11 is 0. The standard InChI is InChI=1S/C14H28/c1-4-5-13-8-10-14(11-9-13)7-6-12(2)3/h12-14H,4-11H2,1-3H3. The van der Waals surface area contributed by atoms with E-state index in [9.17, 15) is 0 Å². The van der Waals surface area contributed by atoms with Crippen LogP contribution in [0.2, 0.25) is 0 Å². The Morgan fingerprint density at radius 3 is 1.86 bits per heavy atom. The summed E-state index contributed by atoms with van der Waals surface area (Å²) in [5, 5.41) is 0. The van der Waals surface area contributed by atoms with Gasteiger partial charge in [-0.3, -0.25) is 0 Å². The third-order valence-corrected chi connectivity index (χ3v) is 3.82. The van der Waals surface area contributed by atoms with Crippen molar-refractivity contribution < 1.29 is 0 Å². The van der Waals surface area contributed by atoms with Crippen molar-refractivity contribution in [1.29, 1.82) is 0 Å². The molecule has 0 aromatic carbocycles. The summed E-state index contributed by atoms with van der Waals surface area (Å²) < 4.78 is 0. The van der Waals surface area contributed by atoms with Crippen molar-refractivity contribution in [3.05, 3.63) is 0 Å². The first-order valence-electron chi connectivity index (χ1n) is 6.72. The molecular weight excluding hydrogens is 168 g/mol. The summed E-state index contributed by atoms with van der Waals surface area (Å²) in [6, 6.07) is 0. The van der Waals surface area contributed by atoms with Gasteiger partial charge in [-0.25, -0.2) is 0 Å². The van der Waals surface area contributed by atoms with E-state index in [0.717, 1.165) is 17.8 Å². The highest BCUT2D eigenvalue weighted by Crippen LogP contribution is 2.34. The van der Waals surface area contributed by atoms with Crippen molar-refractivity contribution in [2.45, 2.75) is 72.1 Å². The van der Waals surface area contributed by atoms with Gasteiger partial charge >= 0.3 is 0 Å². The van der Waals surface area contributed by atoms with Crippen LogP contribution < -0.4 is 0 Å². The highest BCUT2D eigenvalue weighted by molar-refractivity contribution is 4.72. The van der Waals surface area contributed by atoms with E-state index in [1.54, 1.807) is 0 Å². The minimum absolute atomic E-state index is 0.906. The van der Waals surface area contributed by atoms with Crippen LogP contribution in [-0.4, -0.2) is 0 Å². The van der Waals surface area contributed by atoms with Gasteiger partial charge in [0.15, 0.2) is 0 Å². The van der Waals surface area contributed by atoms with Crippen LogP contribution in [0.1, 0.15) is 72.1 Å². The number of hydrogen-bond donors (Lipinski definition) is 0. The highest BCUT2D eigenvalue weighted by atomic mass is 14.3. The lowest BCUT2D eigenvalue weighted by molar-refractivity contribution is 0.243. The molecule has 0 aliphatic heterocycles. The Kier molecular flexibility index (Phi) is 5.59. The molecular formula is C14H28. The van der Waals surface area contributed by atoms with Crippen molar-refractivity contribution in [3.63, 3.8) is 0 Å². The minimum Gasteiger partial charge on any atom is -0.0654 e. The van der Waals surface area contributed by atoms with Crippen LogP contribution in [-0.2, 0) is 0 Å². The second-order valence-electron chi connectivity index (χ2n) is 5.65. The monoisotopic (exact) mass is 196 g/mol. The first kappa shape index (κ1) is 12.1. The van der Waals surface area contributed by atoms with Crippen LogP contribution >= 0.6 is 0 Å². The fourth-order valence-corrected chi connectivity index (χ4v) is 2.79. The third kappa shape index (κ3) is 4.48. The number of rotatable bonds is 5. The van der Waals surface area contributed by atoms with Crippen molar-refractivity contribution in [3.8, 4) is 0 Å². The molecule has 0 heteroatoms. The molecule has 1 rings (SSSR count). The topological polar surface area (TPSA) is 0 Å². The Balaban J connectivity index is 2.09. The smallest absolute Gasteiger partial charge is 0.0414 e. The second-order valence-corrected chi connectivity index (χ2v) is 5.65. The molecule has 84 valence electrons. The van der Waals surface area contributed by atoms with Crippen molar-refractivity contribution in [2.24, 2.45) is 17.8 Å². The average Bonchev–Trinajstić information content (AvgIpc) is 2.17. The van der Waals surface area contributed by atoms with Gasteiger partial charge in [-0.2, -0.15) is 0 Å². The molecule has 0 saturated heterocycles. The van der Waals surface area contributed by atoms with Gasteiger partial charge in [0, 0.05) is 0 Å². The normalized spacial score (nSPS) is 28.3. The fraction of sp³-hybridized carbons (Fsp3) is 1.00. The summed E-state index contributed by atoms with van der Waals surface area (Å²) in [5.41, 5.74) is 0. The van der Waals surface area contributed by atoms with E-state index in [0.29, 0.717) is 0 Å². The van der Waals surface area contributed by atoms with E-state index in [-0.39, 0.29) is 0 Å². The van der Waals surface area contributed by atoms with Crippen LogP contribution in [0.25, 0.3) is 0 Å². The van der Waals surface area contributed by atoms with Crippen molar-refractivity contribution in [1.82, 2.24) is 0 Å². The molecule has 0 amide bonds. The minimum atomic E-state index is 0.906. The van der Waals surface area contributed by atoms with Crippen molar-refractivity contribution in [2.75, 3.05) is 0 Å². The molecule has 0 radical (unpaired) electrons. The van der Waals surface area contributed by atoms with E-state index in [1.165, 1.54) is 51.4 Å². The third-order valence-electron chi connectivity index (χ3n) is 3.82. The zero-order chi connectivity index (χ0) is 10.4. The maximum atomic E-state index is 2.35. The zero-order valence-electron chi connectivity index (χ0n) is 10.4. The Labute approximate surface area is 90.5 Å². The predicted octanol–water partition coefficient (Wildman–Crippen LogP) is 5.03. The van der Waals surface area contributed by atoms with Crippen LogP contribution in [0.3, 0.4) is 0 Å². The van der Waals surface area contributed by atoms with Gasteiger partial charge in [0.2, 0.25) is 0 Å². The van der Waals surface area contributed by atoms with Gasteiger partial charge in [-0.15, -0.1) is 0 Å². The Morgan fingerprint density at radius 1 is 0.929 bits per heavy atom. The van der Waals surface area contributed by atoms with Gasteiger partial charge in [0.05, 0.1) is 0 Å². The van der Waals surface area contributed by atoms with Crippen molar-refractivity contribution >= 4 is 0 Å². The maximum absolute atomic E-state index is 2.35. The van der Waals surface area contributed by atoms with Crippen LogP contribution in [0.4, 0.5) is 0 Å². The first-order valence-corrected chi connectivity index (χ1v) is 6.72. The molecule has 0 spiro atoms. The summed E-state index contributed by atoms with van der Waals surface area (Å²) in [4.78, 5) is 0. The Morgan fingerprint density at radius 2 is 1.43 bits per heavy atom. The van der Waals surface area contributed by atoms with Crippen LogP contribution in [0.15, 0.2) is 0 Å². The van der Waals surface area contributed by atoms with Crippen LogP contribution in [0, 0.1) is 17.8 Å². The highest BCUT2D eigenvalue weighted by Gasteiger charge is 2.20. The van der Waals surface area contributed by atoms with Gasteiger partial charge < -0.3 is 0 Å². The second kappa shape index (κ2) is 6.48. The lowest BCUT2D eigenvalue weighted by Gasteiger charge is -2.28. The molecule has 14 heavy (non-hydrogen) atoms. The molecule has 1 fully saturated rings. The van der Waals surface area contributed by atoms with Gasteiger partial charge in [0.25, 0.3) is 0 Å². The van der Waals surface area contributed by atoms with E-state index in [2.05, 4.69) is 20.8 Å². The average molecular weight is 196 g/mol. The molecule has 1 aliphatic rings. The molecule has 0 aromatic heterocycles. The van der Waals surface area contributed by atoms with Gasteiger partial charge in [0.1, 0.15) is 0 Å².